The van der Waals surface area contributed by atoms with Gasteiger partial charge in [0, 0.05) is 86.7 Å². The SMILES string of the molecule is C1CCCC1.CN(C)CC1CCCC1.C[N+](C)(C)CC1CCCC1.O=CC1CCCC1.[2H]CF.[BH4-].[CH-]=O.[CH-]=O.[CH-]=O.[CH-]=O.[CH-]=O.[CH-]=O.[CH-]=O.[CH-]=O.[CH-]=O.[CH-]=O.[CH-]=O.[CH-]=O.[CH3-].[CH3-].[CH3-].[CH3-].[Mn].[Mn].[Mn].[Mn]. The van der Waals surface area contributed by atoms with Gasteiger partial charge in [-0.25, -0.2) is 0 Å². The summed E-state index contributed by atoms with van der Waals surface area (Å²) < 4.78 is 16.6. The van der Waals surface area contributed by atoms with E-state index in [4.69, 9.17) is 58.9 Å². The van der Waals surface area contributed by atoms with E-state index in [2.05, 4.69) is 122 Å². The first-order valence-electron chi connectivity index (χ1n) is 17.5. The van der Waals surface area contributed by atoms with Crippen molar-refractivity contribution in [2.75, 3.05) is 55.5 Å². The molecule has 0 aliphatic heterocycles. The Kier molecular flexibility index (Phi) is 390. The van der Waals surface area contributed by atoms with Crippen molar-refractivity contribution in [1.82, 2.24) is 4.90 Å². The number of quaternary nitrogens is 1. The molecule has 0 N–H and O–H groups in total. The van der Waals surface area contributed by atoms with Gasteiger partial charge in [0.05, 0.1) is 36.2 Å². The van der Waals surface area contributed by atoms with Crippen LogP contribution in [0.2, 0.25) is 0 Å². The Bertz CT molecular complexity index is 622. The number of carbonyl (C=O) groups is 1. The third-order valence-corrected chi connectivity index (χ3v) is 7.22. The van der Waals surface area contributed by atoms with Gasteiger partial charge in [-0.2, -0.15) is 0 Å². The second-order valence-electron chi connectivity index (χ2n) is 12.0. The summed E-state index contributed by atoms with van der Waals surface area (Å²) in [5.74, 6) is 2.46. The van der Waals surface area contributed by atoms with Gasteiger partial charge in [0.15, 0.2) is 0 Å². The summed E-state index contributed by atoms with van der Waals surface area (Å²) >= 11 is 0. The van der Waals surface area contributed by atoms with Gasteiger partial charge < -0.3 is 101 Å². The standard InChI is InChI=1S/C9H20N.C8H17N.C6H10O.C5H10.CH3F.12CHO.4CH3.BH4.4Mn/c1-10(2,3)8-9-6-4-5-7-9;1-9(2)7-8-5-3-4-6-8;7-5-6-3-1-2-4-6;1-2-4-5-3-1;13*1-2;;;;;;;;;/h9H,4-8H2,1-3H3;8H,3-7H2,1-2H3;5-6H,1-4H2;1-5H2;1H3;12*1H;4*1H3;1H4;;;;/q+1;;;;;17*-1;;;;/i;;;;1D;;;;;;;;;;;;;;;;;;;;;. The van der Waals surface area contributed by atoms with Crippen molar-refractivity contribution in [2.45, 2.75) is 109 Å². The van der Waals surface area contributed by atoms with E-state index < -0.39 is 7.15 Å². The molecule has 410 valence electrons. The first-order valence-corrected chi connectivity index (χ1v) is 16.8. The summed E-state index contributed by atoms with van der Waals surface area (Å²) in [5.41, 5.74) is 0. The van der Waals surface area contributed by atoms with Crippen LogP contribution in [0.1, 0.15) is 111 Å². The number of halogens is 1. The fourth-order valence-electron chi connectivity index (χ4n) is 5.65. The summed E-state index contributed by atoms with van der Waals surface area (Å²) in [6, 6.07) is 0. The molecular formula is C45H88BFMn4N2O13-16. The van der Waals surface area contributed by atoms with E-state index in [1.807, 2.05) is 0 Å². The number of hydrogen-bond donors (Lipinski definition) is 0. The Hall–Kier alpha value is -2.30. The quantitative estimate of drug-likeness (QED) is 0.159. The number of hydrogen-bond acceptors (Lipinski definition) is 14. The minimum Gasteiger partial charge on any atom is -0.545 e. The zero-order chi connectivity index (χ0) is 49.7. The van der Waals surface area contributed by atoms with E-state index in [-0.39, 0.29) is 106 Å². The van der Waals surface area contributed by atoms with E-state index >= 15 is 0 Å². The van der Waals surface area contributed by atoms with Crippen LogP contribution in [0.4, 0.5) is 4.39 Å². The Balaban J connectivity index is -0.0000000167. The summed E-state index contributed by atoms with van der Waals surface area (Å²) in [6.07, 6.45) is 25.2. The average molecular weight is 1120 g/mol. The third-order valence-electron chi connectivity index (χ3n) is 7.22. The zero-order valence-corrected chi connectivity index (χ0v) is 45.2. The fraction of sp³-hybridized carbons (Fsp3) is 0.622. The number of rotatable bonds is 5. The molecule has 4 aliphatic carbocycles. The van der Waals surface area contributed by atoms with Crippen molar-refractivity contribution >= 4 is 96.2 Å². The van der Waals surface area contributed by atoms with Crippen LogP contribution in [0.25, 0.3) is 0 Å². The maximum Gasteiger partial charge on any atom is 0.123 e. The van der Waals surface area contributed by atoms with Gasteiger partial charge in [-0.3, -0.25) is 85.9 Å². The molecule has 0 saturated heterocycles. The monoisotopic (exact) mass is 1120 g/mol. The van der Waals surface area contributed by atoms with Crippen molar-refractivity contribution in [3.05, 3.63) is 29.7 Å². The minimum absolute atomic E-state index is 0. The molecule has 4 radical (unpaired) electrons. The first-order chi connectivity index (χ1) is 28.2. The van der Waals surface area contributed by atoms with Gasteiger partial charge in [0.1, 0.15) is 6.29 Å². The number of carbonyl (C=O) groups excluding carboxylic acids is 13. The van der Waals surface area contributed by atoms with Crippen LogP contribution in [0.15, 0.2) is 0 Å². The molecule has 66 heavy (non-hydrogen) atoms. The molecular weight excluding hydrogens is 1030 g/mol. The van der Waals surface area contributed by atoms with E-state index in [1.165, 1.54) is 109 Å². The number of alkyl halides is 1. The van der Waals surface area contributed by atoms with Crippen molar-refractivity contribution < 1.29 is 141 Å². The topological polar surface area (TPSA) is 225 Å². The second-order valence-corrected chi connectivity index (χ2v) is 12.0. The first kappa shape index (κ1) is 137. The summed E-state index contributed by atoms with van der Waals surface area (Å²) in [7, 11) is 10.2. The third kappa shape index (κ3) is 189. The van der Waals surface area contributed by atoms with E-state index in [9.17, 15) is 9.18 Å². The van der Waals surface area contributed by atoms with Crippen LogP contribution in [0.5, 0.6) is 0 Å². The average Bonchev–Trinajstić information content (AvgIpc) is 4.18. The molecule has 4 aliphatic rings. The molecule has 0 amide bonds. The van der Waals surface area contributed by atoms with Crippen LogP contribution in [-0.2, 0) is 131 Å². The van der Waals surface area contributed by atoms with Gasteiger partial charge in [-0.15, -0.1) is 0 Å². The van der Waals surface area contributed by atoms with Crippen LogP contribution in [0.3, 0.4) is 0 Å². The normalized spacial score (nSPS) is 11.5. The Morgan fingerprint density at radius 3 is 0.788 bits per heavy atom. The predicted octanol–water partition coefficient (Wildman–Crippen LogP) is 4.58. The van der Waals surface area contributed by atoms with Crippen LogP contribution in [0, 0.1) is 47.5 Å². The predicted molar refractivity (Wildman–Crippen MR) is 262 cm³/mol. The molecule has 4 saturated carbocycles. The van der Waals surface area contributed by atoms with E-state index in [0.29, 0.717) is 5.92 Å². The van der Waals surface area contributed by atoms with Crippen molar-refractivity contribution in [1.29, 1.82) is 0 Å². The maximum absolute atomic E-state index is 10.0. The van der Waals surface area contributed by atoms with Crippen molar-refractivity contribution in [3.8, 4) is 0 Å². The molecule has 0 atom stereocenters. The summed E-state index contributed by atoms with van der Waals surface area (Å²) in [4.78, 5) is 105. The molecule has 4 fully saturated rings. The van der Waals surface area contributed by atoms with Gasteiger partial charge in [-0.05, 0) is 58.5 Å². The zero-order valence-electron chi connectivity index (χ0n) is 41.5. The van der Waals surface area contributed by atoms with Crippen molar-refractivity contribution in [2.24, 2.45) is 17.8 Å². The van der Waals surface area contributed by atoms with Crippen molar-refractivity contribution in [3.63, 3.8) is 0 Å². The van der Waals surface area contributed by atoms with Gasteiger partial charge >= 0.3 is 0 Å². The molecule has 21 heteroatoms. The molecule has 0 aromatic rings. The molecule has 0 aromatic carbocycles. The van der Waals surface area contributed by atoms with Crippen LogP contribution in [-0.4, -0.2) is 161 Å². The Morgan fingerprint density at radius 1 is 0.455 bits per heavy atom. The molecule has 0 aromatic heterocycles. The summed E-state index contributed by atoms with van der Waals surface area (Å²) in [6.45, 7) is 41.7. The minimum atomic E-state index is -1.00. The molecule has 0 bridgehead atoms. The molecule has 0 spiro atoms. The van der Waals surface area contributed by atoms with Gasteiger partial charge in [0.25, 0.3) is 0 Å². The molecule has 4 rings (SSSR count). The Morgan fingerprint density at radius 2 is 0.636 bits per heavy atom. The molecule has 0 unspecified atom stereocenters. The molecule has 0 heterocycles. The maximum atomic E-state index is 10.0. The number of aldehydes is 1. The number of nitrogens with zero attached hydrogens (tertiary/aromatic N) is 2. The van der Waals surface area contributed by atoms with Crippen LogP contribution >= 0.6 is 0 Å². The van der Waals surface area contributed by atoms with Crippen LogP contribution < -0.4 is 0 Å². The van der Waals surface area contributed by atoms with E-state index in [0.717, 1.165) is 35.4 Å². The van der Waals surface area contributed by atoms with Gasteiger partial charge in [-0.1, -0.05) is 79.0 Å². The second kappa shape index (κ2) is 187. The largest absolute Gasteiger partial charge is 0.545 e. The smallest absolute Gasteiger partial charge is 0.123 e. The molecule has 15 nitrogen and oxygen atoms in total. The fourth-order valence-corrected chi connectivity index (χ4v) is 5.65. The van der Waals surface area contributed by atoms with Gasteiger partial charge in [0.2, 0.25) is 0 Å². The van der Waals surface area contributed by atoms with E-state index in [1.54, 1.807) is 0 Å². The Labute approximate surface area is 451 Å². The summed E-state index contributed by atoms with van der Waals surface area (Å²) in [5, 5.41) is 0.